The Morgan fingerprint density at radius 1 is 0.473 bits per heavy atom. The third kappa shape index (κ3) is 56.6. The van der Waals surface area contributed by atoms with Crippen molar-refractivity contribution in [2.24, 2.45) is 0 Å². The molecule has 0 aromatic carbocycles. The van der Waals surface area contributed by atoms with Crippen LogP contribution in [0.5, 0.6) is 0 Å². The second-order valence-electron chi connectivity index (χ2n) is 21.0. The number of quaternary nitrogens is 1. The van der Waals surface area contributed by atoms with Gasteiger partial charge in [0.25, 0.3) is 0 Å². The lowest BCUT2D eigenvalue weighted by Gasteiger charge is -2.25. The van der Waals surface area contributed by atoms with E-state index in [0.29, 0.717) is 23.9 Å². The van der Waals surface area contributed by atoms with Crippen molar-refractivity contribution in [1.82, 2.24) is 5.32 Å². The molecular formula is C65H114N2O6P+. The third-order valence-corrected chi connectivity index (χ3v) is 13.6. The van der Waals surface area contributed by atoms with Crippen LogP contribution in [-0.4, -0.2) is 73.4 Å². The van der Waals surface area contributed by atoms with Crippen molar-refractivity contribution >= 4 is 13.7 Å². The van der Waals surface area contributed by atoms with E-state index >= 15 is 0 Å². The fraction of sp³-hybridized carbons (Fsp3) is 0.677. The number of carbonyl (C=O) groups is 1. The molecule has 1 amide bonds. The molecule has 3 N–H and O–H groups in total. The zero-order valence-corrected chi connectivity index (χ0v) is 49.2. The van der Waals surface area contributed by atoms with Crippen molar-refractivity contribution in [3.8, 4) is 0 Å². The molecule has 0 saturated carbocycles. The highest BCUT2D eigenvalue weighted by atomic mass is 31.2. The van der Waals surface area contributed by atoms with Crippen molar-refractivity contribution in [2.45, 2.75) is 244 Å². The summed E-state index contributed by atoms with van der Waals surface area (Å²) in [4.78, 5) is 23.3. The molecule has 0 heterocycles. The number of nitrogens with one attached hydrogen (secondary N) is 1. The van der Waals surface area contributed by atoms with Gasteiger partial charge in [-0.1, -0.05) is 245 Å². The molecule has 0 fully saturated rings. The van der Waals surface area contributed by atoms with E-state index in [0.717, 1.165) is 89.9 Å². The Hall–Kier alpha value is -3.10. The predicted octanol–water partition coefficient (Wildman–Crippen LogP) is 18.5. The van der Waals surface area contributed by atoms with Gasteiger partial charge in [-0.05, 0) is 103 Å². The minimum absolute atomic E-state index is 0.0396. The predicted molar refractivity (Wildman–Crippen MR) is 322 cm³/mol. The number of hydrogen-bond acceptors (Lipinski definition) is 5. The van der Waals surface area contributed by atoms with E-state index in [1.807, 2.05) is 27.2 Å². The molecule has 0 rings (SSSR count). The zero-order valence-electron chi connectivity index (χ0n) is 48.3. The summed E-state index contributed by atoms with van der Waals surface area (Å²) in [5.41, 5.74) is 0. The maximum atomic E-state index is 13.0. The summed E-state index contributed by atoms with van der Waals surface area (Å²) in [5, 5.41) is 13.9. The van der Waals surface area contributed by atoms with Gasteiger partial charge in [0.05, 0.1) is 39.9 Å². The summed E-state index contributed by atoms with van der Waals surface area (Å²) in [7, 11) is 1.50. The Bertz CT molecular complexity index is 1620. The molecule has 424 valence electrons. The van der Waals surface area contributed by atoms with Gasteiger partial charge in [-0.3, -0.25) is 13.8 Å². The second-order valence-corrected chi connectivity index (χ2v) is 22.4. The Kier molecular flexibility index (Phi) is 52.4. The third-order valence-electron chi connectivity index (χ3n) is 12.6. The van der Waals surface area contributed by atoms with Crippen LogP contribution in [0, 0.1) is 0 Å². The number of phosphoric acid groups is 1. The molecule has 74 heavy (non-hydrogen) atoms. The average molecular weight is 1050 g/mol. The number of aliphatic hydroxyl groups excluding tert-OH is 1. The van der Waals surface area contributed by atoms with Gasteiger partial charge in [-0.15, -0.1) is 0 Å². The fourth-order valence-corrected chi connectivity index (χ4v) is 8.73. The summed E-state index contributed by atoms with van der Waals surface area (Å²) >= 11 is 0. The van der Waals surface area contributed by atoms with Crippen molar-refractivity contribution in [3.63, 3.8) is 0 Å². The summed E-state index contributed by atoms with van der Waals surface area (Å²) in [5.74, 6) is -0.227. The Labute approximate surface area is 456 Å². The molecule has 0 aliphatic carbocycles. The molecule has 0 radical (unpaired) electrons. The first-order chi connectivity index (χ1) is 36.0. The maximum absolute atomic E-state index is 13.0. The van der Waals surface area contributed by atoms with E-state index in [2.05, 4.69) is 129 Å². The zero-order chi connectivity index (χ0) is 54.2. The minimum atomic E-state index is -4.38. The molecule has 9 heteroatoms. The minimum Gasteiger partial charge on any atom is -0.387 e. The van der Waals surface area contributed by atoms with Gasteiger partial charge in [-0.2, -0.15) is 0 Å². The number of carbonyl (C=O) groups excluding carboxylic acids is 1. The van der Waals surface area contributed by atoms with Crippen LogP contribution >= 0.6 is 7.82 Å². The summed E-state index contributed by atoms with van der Waals surface area (Å²) in [6, 6.07) is -0.899. The molecular weight excluding hydrogens is 936 g/mol. The van der Waals surface area contributed by atoms with E-state index in [4.69, 9.17) is 9.05 Å². The largest absolute Gasteiger partial charge is 0.472 e. The van der Waals surface area contributed by atoms with Crippen LogP contribution in [0.4, 0.5) is 0 Å². The van der Waals surface area contributed by atoms with Gasteiger partial charge in [0, 0.05) is 6.42 Å². The van der Waals surface area contributed by atoms with Crippen LogP contribution in [0.3, 0.4) is 0 Å². The van der Waals surface area contributed by atoms with E-state index < -0.39 is 20.0 Å². The first-order valence-electron chi connectivity index (χ1n) is 29.9. The molecule has 0 spiro atoms. The topological polar surface area (TPSA) is 105 Å². The number of hydrogen-bond donors (Lipinski definition) is 3. The Morgan fingerprint density at radius 3 is 1.24 bits per heavy atom. The van der Waals surface area contributed by atoms with Crippen LogP contribution in [0.1, 0.15) is 232 Å². The van der Waals surface area contributed by atoms with Gasteiger partial charge in [-0.25, -0.2) is 4.57 Å². The molecule has 3 atom stereocenters. The highest BCUT2D eigenvalue weighted by Crippen LogP contribution is 2.43. The van der Waals surface area contributed by atoms with Crippen LogP contribution in [0.15, 0.2) is 122 Å². The molecule has 0 aliphatic rings. The Balaban J connectivity index is 4.38. The lowest BCUT2D eigenvalue weighted by Crippen LogP contribution is -2.45. The van der Waals surface area contributed by atoms with Crippen molar-refractivity contribution in [2.75, 3.05) is 40.9 Å². The van der Waals surface area contributed by atoms with Gasteiger partial charge in [0.15, 0.2) is 0 Å². The average Bonchev–Trinajstić information content (AvgIpc) is 3.36. The molecule has 0 aromatic rings. The quantitative estimate of drug-likeness (QED) is 0.0243. The fourth-order valence-electron chi connectivity index (χ4n) is 7.99. The number of allylic oxidation sites excluding steroid dienone is 19. The number of aliphatic hydroxyl groups is 1. The van der Waals surface area contributed by atoms with E-state index in [1.165, 1.54) is 116 Å². The molecule has 3 unspecified atom stereocenters. The van der Waals surface area contributed by atoms with Crippen LogP contribution in [-0.2, 0) is 18.4 Å². The highest BCUT2D eigenvalue weighted by molar-refractivity contribution is 7.47. The summed E-state index contributed by atoms with van der Waals surface area (Å²) in [6.07, 6.45) is 81.7. The first-order valence-corrected chi connectivity index (χ1v) is 31.4. The molecule has 0 saturated heterocycles. The first kappa shape index (κ1) is 70.9. The monoisotopic (exact) mass is 1050 g/mol. The maximum Gasteiger partial charge on any atom is 0.472 e. The lowest BCUT2D eigenvalue weighted by atomic mass is 10.0. The second kappa shape index (κ2) is 54.7. The molecule has 0 bridgehead atoms. The van der Waals surface area contributed by atoms with Crippen LogP contribution < -0.4 is 5.32 Å². The highest BCUT2D eigenvalue weighted by Gasteiger charge is 2.27. The summed E-state index contributed by atoms with van der Waals surface area (Å²) in [6.45, 7) is 4.64. The summed E-state index contributed by atoms with van der Waals surface area (Å²) < 4.78 is 23.7. The van der Waals surface area contributed by atoms with Crippen LogP contribution in [0.25, 0.3) is 0 Å². The lowest BCUT2D eigenvalue weighted by molar-refractivity contribution is -0.870. The van der Waals surface area contributed by atoms with Gasteiger partial charge in [0.2, 0.25) is 5.91 Å². The number of unbranched alkanes of at least 4 members (excludes halogenated alkanes) is 22. The van der Waals surface area contributed by atoms with E-state index in [9.17, 15) is 19.4 Å². The number of amides is 1. The molecule has 0 aliphatic heterocycles. The standard InChI is InChI=1S/C65H113N2O6P/c1-6-8-10-12-14-16-18-20-22-24-26-28-30-32-33-35-36-38-40-42-44-46-48-50-52-54-56-58-64(68)63(62-73-74(70,71)72-61-60-67(3,4)5)66-65(69)59-57-55-53-51-49-47-45-43-41-39-37-34-31-29-27-25-23-21-19-17-15-13-11-9-7-2/h9,11,15,17,21,23,27,29,34,37,40-43,47-50,56,58,63-64,68H,6-8,10,12-14,16,18-20,22,24-26,28,30-33,35-36,38-39,44-46,51-55,57,59-62H2,1-5H3,(H-,66,69,70,71)/p+1/b11-9-,17-15-,23-21-,29-27-,37-34-,42-40+,43-41-,49-47-,50-48+,58-56+. The number of nitrogens with zero attached hydrogens (tertiary/aromatic N) is 1. The van der Waals surface area contributed by atoms with Gasteiger partial charge < -0.3 is 19.8 Å². The number of likely N-dealkylation sites (N-methyl/N-ethyl adjacent to an activating group) is 1. The normalized spacial score (nSPS) is 14.7. The Morgan fingerprint density at radius 2 is 0.824 bits per heavy atom. The number of rotatable bonds is 53. The van der Waals surface area contributed by atoms with E-state index in [1.54, 1.807) is 6.08 Å². The SMILES string of the molecule is CC/C=C\C/C=C\C/C=C\C/C=C\C/C=C\C/C=C\C/C=C\CCCCCC(=O)NC(COP(=O)(O)OCC[N+](C)(C)C)C(O)/C=C/CC/C=C/CC/C=C/CCCCCCCCCCCCCCCCCCC. The molecule has 8 nitrogen and oxygen atoms in total. The molecule has 0 aromatic heterocycles. The van der Waals surface area contributed by atoms with Gasteiger partial charge >= 0.3 is 7.82 Å². The van der Waals surface area contributed by atoms with Crippen molar-refractivity contribution in [3.05, 3.63) is 122 Å². The van der Waals surface area contributed by atoms with Crippen molar-refractivity contribution < 1.29 is 32.9 Å². The van der Waals surface area contributed by atoms with E-state index in [-0.39, 0.29) is 19.1 Å². The van der Waals surface area contributed by atoms with Crippen LogP contribution in [0.2, 0.25) is 0 Å². The van der Waals surface area contributed by atoms with Gasteiger partial charge in [0.1, 0.15) is 13.2 Å². The number of phosphoric ester groups is 1. The van der Waals surface area contributed by atoms with Crippen molar-refractivity contribution in [1.29, 1.82) is 0 Å². The smallest absolute Gasteiger partial charge is 0.387 e.